The van der Waals surface area contributed by atoms with Crippen LogP contribution in [0.1, 0.15) is 33.2 Å². The molecule has 0 aliphatic heterocycles. The molecule has 0 radical (unpaired) electrons. The van der Waals surface area contributed by atoms with Crippen molar-refractivity contribution in [1.82, 2.24) is 9.78 Å². The Morgan fingerprint density at radius 3 is 2.29 bits per heavy atom. The van der Waals surface area contributed by atoms with Gasteiger partial charge in [-0.2, -0.15) is 5.10 Å². The van der Waals surface area contributed by atoms with E-state index in [-0.39, 0.29) is 24.8 Å². The van der Waals surface area contributed by atoms with Gasteiger partial charge in [-0.15, -0.1) is 0 Å². The van der Waals surface area contributed by atoms with Crippen LogP contribution < -0.4 is 9.47 Å². The van der Waals surface area contributed by atoms with Crippen LogP contribution in [0.5, 0.6) is 11.5 Å². The van der Waals surface area contributed by atoms with Gasteiger partial charge in [0.25, 0.3) is 0 Å². The molecule has 1 atom stereocenters. The van der Waals surface area contributed by atoms with E-state index in [1.165, 1.54) is 13.1 Å². The van der Waals surface area contributed by atoms with Gasteiger partial charge in [0.1, 0.15) is 30.8 Å². The van der Waals surface area contributed by atoms with E-state index in [0.29, 0.717) is 28.2 Å². The highest BCUT2D eigenvalue weighted by Crippen LogP contribution is 2.22. The smallest absolute Gasteiger partial charge is 0.199 e. The number of ketones is 2. The third kappa shape index (κ3) is 5.57. The Balaban J connectivity index is 1.37. The molecule has 0 aliphatic rings. The third-order valence-corrected chi connectivity index (χ3v) is 5.13. The van der Waals surface area contributed by atoms with Crippen LogP contribution in [0.2, 0.25) is 0 Å². The Hall–Kier alpha value is -4.23. The van der Waals surface area contributed by atoms with Gasteiger partial charge < -0.3 is 14.6 Å². The van der Waals surface area contributed by atoms with Gasteiger partial charge in [0.05, 0.1) is 23.0 Å². The van der Waals surface area contributed by atoms with Gasteiger partial charge in [-0.25, -0.2) is 4.68 Å². The number of carbonyl (C=O) groups excluding carboxylic acids is 2. The summed E-state index contributed by atoms with van der Waals surface area (Å²) >= 11 is 0. The summed E-state index contributed by atoms with van der Waals surface area (Å²) in [6, 6.07) is 23.1. The SMILES string of the molecule is CC(=O)c1ccc(OC[C@H](O)COc2ccccc2C(=O)c2cnn(-c3ccccc3)c2)cc1. The number of para-hydroxylation sites is 2. The quantitative estimate of drug-likeness (QED) is 0.361. The summed E-state index contributed by atoms with van der Waals surface area (Å²) in [5.74, 6) is 0.648. The molecular formula is C27H24N2O5. The molecular weight excluding hydrogens is 432 g/mol. The lowest BCUT2D eigenvalue weighted by Crippen LogP contribution is -2.25. The molecule has 4 rings (SSSR count). The fourth-order valence-corrected chi connectivity index (χ4v) is 3.31. The molecule has 7 nitrogen and oxygen atoms in total. The van der Waals surface area contributed by atoms with Crippen LogP contribution in [-0.2, 0) is 0 Å². The van der Waals surface area contributed by atoms with Gasteiger partial charge in [0, 0.05) is 11.8 Å². The molecule has 1 aromatic heterocycles. The second kappa shape index (κ2) is 10.6. The lowest BCUT2D eigenvalue weighted by atomic mass is 10.1. The van der Waals surface area contributed by atoms with E-state index in [1.807, 2.05) is 30.3 Å². The molecule has 0 saturated heterocycles. The lowest BCUT2D eigenvalue weighted by molar-refractivity contribution is 0.0621. The van der Waals surface area contributed by atoms with E-state index in [2.05, 4.69) is 5.10 Å². The van der Waals surface area contributed by atoms with Crippen LogP contribution in [0.3, 0.4) is 0 Å². The summed E-state index contributed by atoms with van der Waals surface area (Å²) in [6.07, 6.45) is 2.28. The Bertz CT molecular complexity index is 1270. The number of aliphatic hydroxyl groups is 1. The topological polar surface area (TPSA) is 90.7 Å². The van der Waals surface area contributed by atoms with Crippen LogP contribution in [-0.4, -0.2) is 45.8 Å². The second-order valence-corrected chi connectivity index (χ2v) is 7.69. The number of hydrogen-bond donors (Lipinski definition) is 1. The van der Waals surface area contributed by atoms with E-state index in [9.17, 15) is 14.7 Å². The highest BCUT2D eigenvalue weighted by molar-refractivity contribution is 6.10. The Morgan fingerprint density at radius 1 is 0.882 bits per heavy atom. The Labute approximate surface area is 197 Å². The van der Waals surface area contributed by atoms with Gasteiger partial charge in [-0.3, -0.25) is 9.59 Å². The molecule has 3 aromatic carbocycles. The van der Waals surface area contributed by atoms with Gasteiger partial charge in [-0.05, 0) is 55.5 Å². The average molecular weight is 456 g/mol. The van der Waals surface area contributed by atoms with Crippen LogP contribution in [0.4, 0.5) is 0 Å². The standard InChI is InChI=1S/C27H24N2O5/c1-19(30)20-11-13-24(14-12-20)33-17-23(31)18-34-26-10-6-5-9-25(26)27(32)21-15-28-29(16-21)22-7-3-2-4-8-22/h2-16,23,31H,17-18H2,1H3/t23-/m0/s1. The molecule has 7 heteroatoms. The Morgan fingerprint density at radius 2 is 1.56 bits per heavy atom. The molecule has 0 amide bonds. The maximum Gasteiger partial charge on any atom is 0.199 e. The molecule has 1 N–H and O–H groups in total. The summed E-state index contributed by atoms with van der Waals surface area (Å²) in [4.78, 5) is 24.4. The van der Waals surface area contributed by atoms with Crippen molar-refractivity contribution in [3.63, 3.8) is 0 Å². The first-order chi connectivity index (χ1) is 16.5. The highest BCUT2D eigenvalue weighted by Gasteiger charge is 2.18. The second-order valence-electron chi connectivity index (χ2n) is 7.69. The van der Waals surface area contributed by atoms with E-state index in [0.717, 1.165) is 5.69 Å². The minimum atomic E-state index is -0.920. The maximum atomic E-state index is 13.1. The van der Waals surface area contributed by atoms with Crippen LogP contribution in [0.25, 0.3) is 5.69 Å². The van der Waals surface area contributed by atoms with Crippen LogP contribution in [0, 0.1) is 0 Å². The molecule has 0 saturated carbocycles. The zero-order chi connectivity index (χ0) is 23.9. The van der Waals surface area contributed by atoms with Crippen molar-refractivity contribution in [2.45, 2.75) is 13.0 Å². The van der Waals surface area contributed by atoms with Crippen molar-refractivity contribution in [1.29, 1.82) is 0 Å². The number of aromatic nitrogens is 2. The number of rotatable bonds is 10. The van der Waals surface area contributed by atoms with Crippen molar-refractivity contribution < 1.29 is 24.2 Å². The predicted octanol–water partition coefficient (Wildman–Crippen LogP) is 4.12. The van der Waals surface area contributed by atoms with Crippen LogP contribution >= 0.6 is 0 Å². The van der Waals surface area contributed by atoms with E-state index < -0.39 is 6.10 Å². The summed E-state index contributed by atoms with van der Waals surface area (Å²) in [5, 5.41) is 14.6. The van der Waals surface area contributed by atoms with Gasteiger partial charge in [0.15, 0.2) is 11.6 Å². The maximum absolute atomic E-state index is 13.1. The summed E-state index contributed by atoms with van der Waals surface area (Å²) in [6.45, 7) is 1.44. The Kier molecular flexibility index (Phi) is 7.15. The van der Waals surface area contributed by atoms with E-state index in [4.69, 9.17) is 9.47 Å². The predicted molar refractivity (Wildman–Crippen MR) is 127 cm³/mol. The summed E-state index contributed by atoms with van der Waals surface area (Å²) in [7, 11) is 0. The van der Waals surface area contributed by atoms with Crippen molar-refractivity contribution >= 4 is 11.6 Å². The average Bonchev–Trinajstić information content (AvgIpc) is 3.37. The van der Waals surface area contributed by atoms with Gasteiger partial charge >= 0.3 is 0 Å². The highest BCUT2D eigenvalue weighted by atomic mass is 16.5. The fourth-order valence-electron chi connectivity index (χ4n) is 3.31. The number of hydrogen-bond acceptors (Lipinski definition) is 6. The number of aliphatic hydroxyl groups excluding tert-OH is 1. The summed E-state index contributed by atoms with van der Waals surface area (Å²) < 4.78 is 13.0. The first-order valence-corrected chi connectivity index (χ1v) is 10.8. The van der Waals surface area contributed by atoms with E-state index >= 15 is 0 Å². The van der Waals surface area contributed by atoms with Gasteiger partial charge in [-0.1, -0.05) is 30.3 Å². The minimum absolute atomic E-state index is 0.000617. The van der Waals surface area contributed by atoms with E-state index in [1.54, 1.807) is 59.4 Å². The molecule has 0 fully saturated rings. The molecule has 4 aromatic rings. The number of ether oxygens (including phenoxy) is 2. The third-order valence-electron chi connectivity index (χ3n) is 5.13. The van der Waals surface area contributed by atoms with Crippen molar-refractivity contribution in [3.05, 3.63) is 108 Å². The number of Topliss-reactive ketones (excluding diaryl/α,β-unsaturated/α-hetero) is 1. The zero-order valence-corrected chi connectivity index (χ0v) is 18.6. The summed E-state index contributed by atoms with van der Waals surface area (Å²) in [5.41, 5.74) is 2.25. The largest absolute Gasteiger partial charge is 0.491 e. The molecule has 1 heterocycles. The molecule has 172 valence electrons. The fraction of sp³-hybridized carbons (Fsp3) is 0.148. The molecule has 0 unspecified atom stereocenters. The van der Waals surface area contributed by atoms with Crippen LogP contribution in [0.15, 0.2) is 91.3 Å². The monoisotopic (exact) mass is 456 g/mol. The lowest BCUT2D eigenvalue weighted by Gasteiger charge is -2.15. The normalized spacial score (nSPS) is 11.6. The van der Waals surface area contributed by atoms with Crippen molar-refractivity contribution in [2.75, 3.05) is 13.2 Å². The molecule has 0 bridgehead atoms. The van der Waals surface area contributed by atoms with Gasteiger partial charge in [0.2, 0.25) is 0 Å². The minimum Gasteiger partial charge on any atom is -0.491 e. The van der Waals surface area contributed by atoms with Crippen molar-refractivity contribution in [2.24, 2.45) is 0 Å². The van der Waals surface area contributed by atoms with Crippen molar-refractivity contribution in [3.8, 4) is 17.2 Å². The number of carbonyl (C=O) groups is 2. The first kappa shape index (κ1) is 22.9. The molecule has 0 spiro atoms. The first-order valence-electron chi connectivity index (χ1n) is 10.8. The zero-order valence-electron chi connectivity index (χ0n) is 18.6. The molecule has 34 heavy (non-hydrogen) atoms. The number of benzene rings is 3. The number of nitrogens with zero attached hydrogens (tertiary/aromatic N) is 2. The molecule has 0 aliphatic carbocycles.